The van der Waals surface area contributed by atoms with Crippen molar-refractivity contribution in [2.45, 2.75) is 38.3 Å². The lowest BCUT2D eigenvalue weighted by Gasteiger charge is -2.37. The molecule has 0 saturated carbocycles. The number of carbonyl (C=O) groups excluding carboxylic acids is 1. The maximum Gasteiger partial charge on any atom is 0.242 e. The van der Waals surface area contributed by atoms with Gasteiger partial charge in [-0.1, -0.05) is 13.8 Å². The van der Waals surface area contributed by atoms with Crippen LogP contribution in [0.5, 0.6) is 0 Å². The maximum absolute atomic E-state index is 12.2. The van der Waals surface area contributed by atoms with Gasteiger partial charge in [-0.2, -0.15) is 0 Å². The van der Waals surface area contributed by atoms with E-state index in [9.17, 15) is 4.79 Å². The van der Waals surface area contributed by atoms with Crippen LogP contribution in [-0.4, -0.2) is 53.9 Å². The fraction of sp³-hybridized carbons (Fsp3) is 0.909. The van der Waals surface area contributed by atoms with Gasteiger partial charge < -0.3 is 20.5 Å². The summed E-state index contributed by atoms with van der Waals surface area (Å²) in [5.74, 6) is -0.0285. The van der Waals surface area contributed by atoms with Crippen LogP contribution in [0.2, 0.25) is 0 Å². The predicted molar refractivity (Wildman–Crippen MR) is 60.9 cm³/mol. The summed E-state index contributed by atoms with van der Waals surface area (Å²) in [5, 5.41) is 9.01. The molecule has 1 unspecified atom stereocenters. The summed E-state index contributed by atoms with van der Waals surface area (Å²) in [6.07, 6.45) is 0.989. The molecule has 0 spiro atoms. The lowest BCUT2D eigenvalue weighted by Crippen LogP contribution is -2.58. The topological polar surface area (TPSA) is 75.8 Å². The van der Waals surface area contributed by atoms with Crippen LogP contribution >= 0.6 is 0 Å². The quantitative estimate of drug-likeness (QED) is 0.696. The second kappa shape index (κ2) is 5.61. The second-order valence-corrected chi connectivity index (χ2v) is 4.29. The first-order valence-electron chi connectivity index (χ1n) is 5.88. The Morgan fingerprint density at radius 2 is 2.19 bits per heavy atom. The lowest BCUT2D eigenvalue weighted by molar-refractivity contribution is -0.146. The minimum absolute atomic E-state index is 0.0285. The van der Waals surface area contributed by atoms with E-state index >= 15 is 0 Å². The zero-order chi connectivity index (χ0) is 12.2. The van der Waals surface area contributed by atoms with Crippen molar-refractivity contribution in [2.24, 2.45) is 5.73 Å². The molecule has 0 aromatic carbocycles. The molecule has 1 saturated heterocycles. The molecule has 1 rings (SSSR count). The van der Waals surface area contributed by atoms with Crippen LogP contribution < -0.4 is 5.73 Å². The average molecular weight is 230 g/mol. The van der Waals surface area contributed by atoms with E-state index in [1.165, 1.54) is 0 Å². The highest BCUT2D eigenvalue weighted by molar-refractivity contribution is 5.86. The van der Waals surface area contributed by atoms with Crippen LogP contribution in [0.3, 0.4) is 0 Å². The van der Waals surface area contributed by atoms with Crippen LogP contribution in [0.4, 0.5) is 0 Å². The van der Waals surface area contributed by atoms with Crippen LogP contribution in [0.1, 0.15) is 26.7 Å². The Labute approximate surface area is 96.6 Å². The molecule has 5 nitrogen and oxygen atoms in total. The molecule has 3 N–H and O–H groups in total. The van der Waals surface area contributed by atoms with E-state index < -0.39 is 5.54 Å². The van der Waals surface area contributed by atoms with Crippen LogP contribution in [-0.2, 0) is 9.53 Å². The van der Waals surface area contributed by atoms with E-state index in [-0.39, 0.29) is 18.6 Å². The molecule has 0 aromatic heterocycles. The first-order chi connectivity index (χ1) is 7.57. The Hall–Kier alpha value is -0.650. The Morgan fingerprint density at radius 1 is 1.56 bits per heavy atom. The summed E-state index contributed by atoms with van der Waals surface area (Å²) in [5.41, 5.74) is 5.30. The van der Waals surface area contributed by atoms with Crippen LogP contribution in [0.25, 0.3) is 0 Å². The summed E-state index contributed by atoms with van der Waals surface area (Å²) < 4.78 is 5.30. The van der Waals surface area contributed by atoms with Crippen LogP contribution in [0.15, 0.2) is 0 Å². The number of aliphatic hydroxyl groups is 1. The molecular formula is C11H22N2O3. The van der Waals surface area contributed by atoms with Crippen molar-refractivity contribution >= 4 is 5.91 Å². The predicted octanol–water partition coefficient (Wildman–Crippen LogP) is -0.276. The molecule has 1 heterocycles. The van der Waals surface area contributed by atoms with Gasteiger partial charge in [0.25, 0.3) is 0 Å². The first kappa shape index (κ1) is 13.4. The highest BCUT2D eigenvalue weighted by atomic mass is 16.5. The zero-order valence-electron chi connectivity index (χ0n) is 10.1. The molecule has 1 aliphatic heterocycles. The zero-order valence-corrected chi connectivity index (χ0v) is 10.1. The second-order valence-electron chi connectivity index (χ2n) is 4.29. The van der Waals surface area contributed by atoms with Gasteiger partial charge >= 0.3 is 0 Å². The van der Waals surface area contributed by atoms with Crippen LogP contribution in [0, 0.1) is 0 Å². The summed E-state index contributed by atoms with van der Waals surface area (Å²) >= 11 is 0. The van der Waals surface area contributed by atoms with E-state index in [0.717, 1.165) is 0 Å². The number of ether oxygens (including phenoxy) is 1. The Bertz CT molecular complexity index is 241. The third-order valence-electron chi connectivity index (χ3n) is 3.32. The van der Waals surface area contributed by atoms with Crippen molar-refractivity contribution in [3.05, 3.63) is 0 Å². The minimum Gasteiger partial charge on any atom is -0.394 e. The Kier molecular flexibility index (Phi) is 4.70. The molecule has 1 aliphatic rings. The molecule has 16 heavy (non-hydrogen) atoms. The van der Waals surface area contributed by atoms with E-state index in [1.807, 2.05) is 13.8 Å². The number of nitrogens with zero attached hydrogens (tertiary/aromatic N) is 1. The number of morpholine rings is 1. The summed E-state index contributed by atoms with van der Waals surface area (Å²) in [6, 6.07) is 0. The summed E-state index contributed by atoms with van der Waals surface area (Å²) in [6.45, 7) is 5.26. The van der Waals surface area contributed by atoms with Gasteiger partial charge in [-0.25, -0.2) is 0 Å². The molecule has 94 valence electrons. The average Bonchev–Trinajstić information content (AvgIpc) is 2.37. The number of rotatable bonds is 4. The van der Waals surface area contributed by atoms with Gasteiger partial charge in [-0.3, -0.25) is 4.79 Å². The van der Waals surface area contributed by atoms with Crippen molar-refractivity contribution in [2.75, 3.05) is 26.3 Å². The molecular weight excluding hydrogens is 208 g/mol. The van der Waals surface area contributed by atoms with Gasteiger partial charge in [-0.05, 0) is 12.8 Å². The first-order valence-corrected chi connectivity index (χ1v) is 5.88. The SMILES string of the molecule is CCC(N)(CC)C(=O)N1CCOC(CO)C1. The number of hydrogen-bond acceptors (Lipinski definition) is 4. The number of amides is 1. The molecule has 1 amide bonds. The largest absolute Gasteiger partial charge is 0.394 e. The van der Waals surface area contributed by atoms with Gasteiger partial charge in [0.05, 0.1) is 24.9 Å². The number of nitrogens with two attached hydrogens (primary N) is 1. The fourth-order valence-electron chi connectivity index (χ4n) is 1.88. The van der Waals surface area contributed by atoms with Gasteiger partial charge in [-0.15, -0.1) is 0 Å². The highest BCUT2D eigenvalue weighted by Crippen LogP contribution is 2.17. The number of hydrogen-bond donors (Lipinski definition) is 2. The fourth-order valence-corrected chi connectivity index (χ4v) is 1.88. The van der Waals surface area contributed by atoms with Gasteiger partial charge in [0.1, 0.15) is 0 Å². The minimum atomic E-state index is -0.767. The highest BCUT2D eigenvalue weighted by Gasteiger charge is 2.36. The van der Waals surface area contributed by atoms with E-state index in [0.29, 0.717) is 32.5 Å². The summed E-state index contributed by atoms with van der Waals surface area (Å²) in [7, 11) is 0. The molecule has 0 aliphatic carbocycles. The third kappa shape index (κ3) is 2.72. The molecule has 0 radical (unpaired) electrons. The van der Waals surface area contributed by atoms with E-state index in [4.69, 9.17) is 15.6 Å². The standard InChI is InChI=1S/C11H22N2O3/c1-3-11(12,4-2)10(15)13-5-6-16-9(7-13)8-14/h9,14H,3-8,12H2,1-2H3. The molecule has 0 bridgehead atoms. The van der Waals surface area contributed by atoms with Crippen molar-refractivity contribution < 1.29 is 14.6 Å². The molecule has 0 aromatic rings. The Morgan fingerprint density at radius 3 is 2.69 bits per heavy atom. The normalized spacial score (nSPS) is 22.2. The van der Waals surface area contributed by atoms with E-state index in [2.05, 4.69) is 0 Å². The number of carbonyl (C=O) groups is 1. The molecule has 1 atom stereocenters. The number of aliphatic hydroxyl groups excluding tert-OH is 1. The third-order valence-corrected chi connectivity index (χ3v) is 3.32. The van der Waals surface area contributed by atoms with Crippen molar-refractivity contribution in [3.63, 3.8) is 0 Å². The van der Waals surface area contributed by atoms with Gasteiger partial charge in [0, 0.05) is 13.1 Å². The Balaban J connectivity index is 2.65. The monoisotopic (exact) mass is 230 g/mol. The lowest BCUT2D eigenvalue weighted by atomic mass is 9.92. The van der Waals surface area contributed by atoms with Crippen molar-refractivity contribution in [1.29, 1.82) is 0 Å². The van der Waals surface area contributed by atoms with Gasteiger partial charge in [0.15, 0.2) is 0 Å². The van der Waals surface area contributed by atoms with E-state index in [1.54, 1.807) is 4.90 Å². The van der Waals surface area contributed by atoms with Crippen molar-refractivity contribution in [3.8, 4) is 0 Å². The maximum atomic E-state index is 12.2. The molecule has 1 fully saturated rings. The molecule has 5 heteroatoms. The van der Waals surface area contributed by atoms with Crippen molar-refractivity contribution in [1.82, 2.24) is 4.90 Å². The smallest absolute Gasteiger partial charge is 0.242 e. The summed E-state index contributed by atoms with van der Waals surface area (Å²) in [4.78, 5) is 13.9. The van der Waals surface area contributed by atoms with Gasteiger partial charge in [0.2, 0.25) is 5.91 Å².